The smallest absolute Gasteiger partial charge is 0.270 e. The summed E-state index contributed by atoms with van der Waals surface area (Å²) in [5.74, 6) is -1.71. The van der Waals surface area contributed by atoms with Crippen LogP contribution in [0.2, 0.25) is 0 Å². The number of rotatable bonds is 7. The molecule has 2 rings (SSSR count). The van der Waals surface area contributed by atoms with E-state index in [-0.39, 0.29) is 24.7 Å². The molecule has 0 saturated carbocycles. The average molecular weight is 476 g/mol. The minimum atomic E-state index is -0.881. The van der Waals surface area contributed by atoms with Crippen molar-refractivity contribution in [2.24, 2.45) is 5.41 Å². The summed E-state index contributed by atoms with van der Waals surface area (Å²) < 4.78 is 25.8. The van der Waals surface area contributed by atoms with Crippen molar-refractivity contribution in [2.45, 2.75) is 54.0 Å². The summed E-state index contributed by atoms with van der Waals surface area (Å²) in [6.45, 7) is 10.5. The third-order valence-electron chi connectivity index (χ3n) is 5.14. The molecule has 2 aromatic rings. The minimum Gasteiger partial charge on any atom is -0.395 e. The molecule has 2 amide bonds. The second-order valence-corrected chi connectivity index (χ2v) is 9.06. The Hall–Kier alpha value is -3.13. The number of carbonyl (C=O) groups excluding carboxylic acids is 2. The number of hydrogen-bond donors (Lipinski definition) is 4. The predicted octanol–water partition coefficient (Wildman–Crippen LogP) is 3.84. The van der Waals surface area contributed by atoms with Crippen LogP contribution in [0, 0.1) is 36.3 Å². The Labute approximate surface area is 200 Å². The van der Waals surface area contributed by atoms with Crippen LogP contribution in [0.1, 0.15) is 49.9 Å². The molecule has 0 fully saturated rings. The fraction of sp³-hybridized carbons (Fsp3) is 0.423. The lowest BCUT2D eigenvalue weighted by Crippen LogP contribution is -2.55. The van der Waals surface area contributed by atoms with E-state index < -0.39 is 29.1 Å². The maximum atomic E-state index is 13.6. The molecule has 34 heavy (non-hydrogen) atoms. The summed E-state index contributed by atoms with van der Waals surface area (Å²) in [6.07, 6.45) is 0.972. The second kappa shape index (κ2) is 12.9. The molecule has 8 heteroatoms. The maximum Gasteiger partial charge on any atom is 0.270 e. The molecular formula is C26H35F2N3O3. The lowest BCUT2D eigenvalue weighted by molar-refractivity contribution is -0.129. The molecule has 2 aromatic carbocycles. The van der Waals surface area contributed by atoms with Gasteiger partial charge in [-0.2, -0.15) is 0 Å². The van der Waals surface area contributed by atoms with E-state index in [1.165, 1.54) is 29.8 Å². The molecule has 0 aliphatic heterocycles. The Bertz CT molecular complexity index is 1000. The van der Waals surface area contributed by atoms with Crippen LogP contribution >= 0.6 is 0 Å². The summed E-state index contributed by atoms with van der Waals surface area (Å²) in [7, 11) is 0. The van der Waals surface area contributed by atoms with Gasteiger partial charge in [0.05, 0.1) is 6.61 Å². The highest BCUT2D eigenvalue weighted by atomic mass is 19.1. The fourth-order valence-electron chi connectivity index (χ4n) is 3.05. The number of amides is 2. The number of aryl methyl sites for hydroxylation is 3. The summed E-state index contributed by atoms with van der Waals surface area (Å²) in [6, 6.07) is 8.42. The first kappa shape index (κ1) is 28.9. The highest BCUT2D eigenvalue weighted by Crippen LogP contribution is 2.20. The van der Waals surface area contributed by atoms with Gasteiger partial charge in [-0.25, -0.2) is 8.78 Å². The topological polar surface area (TPSA) is 102 Å². The number of benzene rings is 2. The highest BCUT2D eigenvalue weighted by Gasteiger charge is 2.33. The lowest BCUT2D eigenvalue weighted by Gasteiger charge is -2.30. The molecule has 0 aromatic heterocycles. The number of aliphatic hydroxyl groups is 1. The van der Waals surface area contributed by atoms with Crippen LogP contribution in [-0.2, 0) is 16.0 Å². The number of halogens is 2. The van der Waals surface area contributed by atoms with E-state index in [0.29, 0.717) is 16.7 Å². The van der Waals surface area contributed by atoms with E-state index in [2.05, 4.69) is 10.6 Å². The standard InChI is InChI=1S/C18H26FN3O3.C8H9F/c1-10-9-13(19)11(2)8-12(10)14(20)16(24)22-15(18(3,4)5)17(25)21-6-7-23;1-2-7-3-5-8(9)6-4-7/h8-9,15,20,23H,6-7H2,1-5H3,(H,21,25)(H,22,24);3-6H,2H2,1H3. The molecule has 0 saturated heterocycles. The van der Waals surface area contributed by atoms with Gasteiger partial charge in [-0.05, 0) is 66.6 Å². The molecule has 6 nitrogen and oxygen atoms in total. The molecule has 0 aliphatic carbocycles. The minimum absolute atomic E-state index is 0.0784. The van der Waals surface area contributed by atoms with Gasteiger partial charge in [-0.3, -0.25) is 15.0 Å². The van der Waals surface area contributed by atoms with Crippen LogP contribution in [0.3, 0.4) is 0 Å². The third-order valence-corrected chi connectivity index (χ3v) is 5.14. The van der Waals surface area contributed by atoms with E-state index in [4.69, 9.17) is 10.5 Å². The van der Waals surface area contributed by atoms with Gasteiger partial charge in [-0.15, -0.1) is 0 Å². The van der Waals surface area contributed by atoms with Gasteiger partial charge in [0.2, 0.25) is 5.91 Å². The molecular weight excluding hydrogens is 440 g/mol. The van der Waals surface area contributed by atoms with Crippen molar-refractivity contribution in [1.82, 2.24) is 10.6 Å². The number of nitrogens with one attached hydrogen (secondary N) is 3. The molecule has 0 aliphatic rings. The molecule has 186 valence electrons. The van der Waals surface area contributed by atoms with E-state index in [1.807, 2.05) is 6.92 Å². The van der Waals surface area contributed by atoms with Crippen molar-refractivity contribution in [1.29, 1.82) is 5.41 Å². The van der Waals surface area contributed by atoms with Crippen LogP contribution in [0.4, 0.5) is 8.78 Å². The van der Waals surface area contributed by atoms with Crippen molar-refractivity contribution < 1.29 is 23.5 Å². The lowest BCUT2D eigenvalue weighted by atomic mass is 9.85. The van der Waals surface area contributed by atoms with E-state index in [1.54, 1.807) is 46.8 Å². The van der Waals surface area contributed by atoms with Gasteiger partial charge in [-0.1, -0.05) is 39.8 Å². The predicted molar refractivity (Wildman–Crippen MR) is 130 cm³/mol. The molecule has 1 atom stereocenters. The Kier molecular flexibility index (Phi) is 11.0. The summed E-state index contributed by atoms with van der Waals surface area (Å²) in [5, 5.41) is 22.0. The van der Waals surface area contributed by atoms with Crippen molar-refractivity contribution in [3.8, 4) is 0 Å². The highest BCUT2D eigenvalue weighted by molar-refractivity contribution is 6.44. The molecule has 1 unspecified atom stereocenters. The first-order valence-corrected chi connectivity index (χ1v) is 11.1. The van der Waals surface area contributed by atoms with Crippen molar-refractivity contribution in [3.05, 3.63) is 70.3 Å². The molecule has 4 N–H and O–H groups in total. The zero-order valence-electron chi connectivity index (χ0n) is 20.7. The van der Waals surface area contributed by atoms with Crippen LogP contribution < -0.4 is 10.6 Å². The Morgan fingerprint density at radius 2 is 1.65 bits per heavy atom. The average Bonchev–Trinajstić information content (AvgIpc) is 2.77. The van der Waals surface area contributed by atoms with Gasteiger partial charge in [0, 0.05) is 12.1 Å². The van der Waals surface area contributed by atoms with Crippen molar-refractivity contribution in [3.63, 3.8) is 0 Å². The third kappa shape index (κ3) is 8.67. The Balaban J connectivity index is 0.000000533. The summed E-state index contributed by atoms with van der Waals surface area (Å²) in [4.78, 5) is 24.7. The molecule has 0 bridgehead atoms. The summed E-state index contributed by atoms with van der Waals surface area (Å²) in [5.41, 5.74) is 1.39. The SMILES string of the molecule is CCc1ccc(F)cc1.Cc1cc(C(=N)C(=O)NC(C(=O)NCCO)C(C)(C)C)c(C)cc1F. The van der Waals surface area contributed by atoms with E-state index in [9.17, 15) is 18.4 Å². The van der Waals surface area contributed by atoms with Crippen LogP contribution in [0.5, 0.6) is 0 Å². The largest absolute Gasteiger partial charge is 0.395 e. The Morgan fingerprint density at radius 3 is 2.15 bits per heavy atom. The van der Waals surface area contributed by atoms with Crippen LogP contribution in [0.25, 0.3) is 0 Å². The normalized spacial score (nSPS) is 11.7. The van der Waals surface area contributed by atoms with Gasteiger partial charge in [0.25, 0.3) is 5.91 Å². The zero-order chi connectivity index (χ0) is 26.1. The number of aliphatic hydroxyl groups excluding tert-OH is 1. The first-order chi connectivity index (χ1) is 15.8. The maximum absolute atomic E-state index is 13.6. The quantitative estimate of drug-likeness (QED) is 0.458. The molecule has 0 radical (unpaired) electrons. The number of carbonyl (C=O) groups is 2. The van der Waals surface area contributed by atoms with Crippen LogP contribution in [-0.4, -0.2) is 41.8 Å². The van der Waals surface area contributed by atoms with Crippen LogP contribution in [0.15, 0.2) is 36.4 Å². The summed E-state index contributed by atoms with van der Waals surface area (Å²) >= 11 is 0. The van der Waals surface area contributed by atoms with E-state index >= 15 is 0 Å². The first-order valence-electron chi connectivity index (χ1n) is 11.1. The second-order valence-electron chi connectivity index (χ2n) is 9.06. The van der Waals surface area contributed by atoms with Gasteiger partial charge in [0.1, 0.15) is 23.4 Å². The van der Waals surface area contributed by atoms with Gasteiger partial charge < -0.3 is 15.7 Å². The number of hydrogen-bond acceptors (Lipinski definition) is 4. The van der Waals surface area contributed by atoms with Gasteiger partial charge in [0.15, 0.2) is 0 Å². The van der Waals surface area contributed by atoms with Crippen molar-refractivity contribution >= 4 is 17.5 Å². The molecule has 0 spiro atoms. The van der Waals surface area contributed by atoms with Gasteiger partial charge >= 0.3 is 0 Å². The van der Waals surface area contributed by atoms with E-state index in [0.717, 1.165) is 6.42 Å². The fourth-order valence-corrected chi connectivity index (χ4v) is 3.05. The molecule has 0 heterocycles. The monoisotopic (exact) mass is 475 g/mol. The van der Waals surface area contributed by atoms with Crippen molar-refractivity contribution in [2.75, 3.05) is 13.2 Å². The Morgan fingerprint density at radius 1 is 1.06 bits per heavy atom. The zero-order valence-corrected chi connectivity index (χ0v) is 20.7.